The lowest BCUT2D eigenvalue weighted by atomic mass is 9.99. The summed E-state index contributed by atoms with van der Waals surface area (Å²) >= 11 is 6.09. The van der Waals surface area contributed by atoms with E-state index in [2.05, 4.69) is 20.6 Å². The van der Waals surface area contributed by atoms with Gasteiger partial charge in [-0.15, -0.1) is 0 Å². The third-order valence-electron chi connectivity index (χ3n) is 4.36. The molecule has 1 amide bonds. The van der Waals surface area contributed by atoms with Gasteiger partial charge in [-0.2, -0.15) is 10.2 Å². The number of carbonyl (C=O) groups is 1. The highest BCUT2D eigenvalue weighted by Crippen LogP contribution is 2.42. The number of pyridine rings is 1. The maximum atomic E-state index is 14.5. The Hall–Kier alpha value is -3.07. The van der Waals surface area contributed by atoms with Crippen LogP contribution in [0.3, 0.4) is 0 Å². The highest BCUT2D eigenvalue weighted by atomic mass is 35.5. The van der Waals surface area contributed by atoms with E-state index in [9.17, 15) is 18.0 Å². The molecule has 6 nitrogen and oxygen atoms in total. The lowest BCUT2D eigenvalue weighted by Gasteiger charge is -2.12. The van der Waals surface area contributed by atoms with Gasteiger partial charge in [-0.25, -0.2) is 17.7 Å². The van der Waals surface area contributed by atoms with Crippen molar-refractivity contribution in [2.45, 2.75) is 25.7 Å². The maximum Gasteiger partial charge on any atom is 0.268 e. The first kappa shape index (κ1) is 19.3. The predicted molar refractivity (Wildman–Crippen MR) is 104 cm³/mol. The van der Waals surface area contributed by atoms with Crippen LogP contribution < -0.4 is 5.32 Å². The molecule has 3 heterocycles. The number of amides is 1. The Bertz CT molecular complexity index is 1200. The van der Waals surface area contributed by atoms with Gasteiger partial charge in [-0.1, -0.05) is 30.9 Å². The minimum Gasteiger partial charge on any atom is -0.312 e. The van der Waals surface area contributed by atoms with Gasteiger partial charge in [-0.05, 0) is 17.7 Å². The van der Waals surface area contributed by atoms with E-state index in [1.54, 1.807) is 24.4 Å². The average molecular weight is 422 g/mol. The zero-order valence-corrected chi connectivity index (χ0v) is 15.7. The minimum atomic E-state index is -3.04. The molecule has 150 valence electrons. The van der Waals surface area contributed by atoms with Gasteiger partial charge in [-0.3, -0.25) is 9.89 Å². The first-order chi connectivity index (χ1) is 14.0. The SMILES string of the molecule is C1CC1.O=CNc1cc2cc(-c3c(Cl)c(F)c(C(F)F)c4[nH]ncc34)ccn2n1. The fourth-order valence-electron chi connectivity index (χ4n) is 2.90. The molecule has 2 N–H and O–H groups in total. The third kappa shape index (κ3) is 3.65. The average Bonchev–Trinajstić information content (AvgIpc) is 3.41. The number of aromatic nitrogens is 4. The highest BCUT2D eigenvalue weighted by Gasteiger charge is 2.26. The molecule has 0 unspecified atom stereocenters. The van der Waals surface area contributed by atoms with Crippen molar-refractivity contribution in [2.75, 3.05) is 5.32 Å². The topological polar surface area (TPSA) is 75.1 Å². The molecule has 5 rings (SSSR count). The van der Waals surface area contributed by atoms with E-state index in [4.69, 9.17) is 11.6 Å². The summed E-state index contributed by atoms with van der Waals surface area (Å²) < 4.78 is 42.5. The van der Waals surface area contributed by atoms with Gasteiger partial charge < -0.3 is 5.32 Å². The molecular formula is C19H15ClF3N5O. The van der Waals surface area contributed by atoms with Gasteiger partial charge >= 0.3 is 0 Å². The Labute approximate surface area is 167 Å². The minimum absolute atomic E-state index is 0.103. The van der Waals surface area contributed by atoms with Gasteiger partial charge in [0.05, 0.1) is 27.8 Å². The Morgan fingerprint density at radius 1 is 1.28 bits per heavy atom. The zero-order valence-electron chi connectivity index (χ0n) is 14.9. The summed E-state index contributed by atoms with van der Waals surface area (Å²) in [6, 6.07) is 4.86. The monoisotopic (exact) mass is 421 g/mol. The summed E-state index contributed by atoms with van der Waals surface area (Å²) in [7, 11) is 0. The summed E-state index contributed by atoms with van der Waals surface area (Å²) in [5.74, 6) is -0.860. The predicted octanol–water partition coefficient (Wildman–Crippen LogP) is 5.35. The summed E-state index contributed by atoms with van der Waals surface area (Å²) in [6.07, 6.45) is 4.86. The maximum absolute atomic E-state index is 14.5. The number of aromatic amines is 1. The van der Waals surface area contributed by atoms with Crippen LogP contribution in [0.25, 0.3) is 27.5 Å². The van der Waals surface area contributed by atoms with Gasteiger partial charge in [0.1, 0.15) is 0 Å². The van der Waals surface area contributed by atoms with Crippen molar-refractivity contribution in [3.8, 4) is 11.1 Å². The summed E-state index contributed by atoms with van der Waals surface area (Å²) in [5, 5.41) is 12.6. The van der Waals surface area contributed by atoms with Crippen LogP contribution in [0.2, 0.25) is 5.02 Å². The third-order valence-corrected chi connectivity index (χ3v) is 4.71. The van der Waals surface area contributed by atoms with E-state index in [1.807, 2.05) is 0 Å². The molecule has 29 heavy (non-hydrogen) atoms. The van der Waals surface area contributed by atoms with Crippen LogP contribution in [0.4, 0.5) is 19.0 Å². The number of rotatable bonds is 4. The van der Waals surface area contributed by atoms with Crippen LogP contribution in [0.5, 0.6) is 0 Å². The van der Waals surface area contributed by atoms with E-state index < -0.39 is 22.8 Å². The van der Waals surface area contributed by atoms with Gasteiger partial charge in [0.15, 0.2) is 11.6 Å². The summed E-state index contributed by atoms with van der Waals surface area (Å²) in [6.45, 7) is 0. The number of benzene rings is 1. The van der Waals surface area contributed by atoms with Crippen molar-refractivity contribution in [3.05, 3.63) is 47.0 Å². The zero-order chi connectivity index (χ0) is 20.5. The van der Waals surface area contributed by atoms with Crippen molar-refractivity contribution in [3.63, 3.8) is 0 Å². The standard InChI is InChI=1S/C16H9ClF3N5O.C3H6/c17-13-11(9-5-22-23-15(9)12(14(13)18)16(19)20)7-1-2-25-8(3-7)4-10(24-25)21-6-26;1-2-3-1/h1-6,16H,(H,22,23)(H,21,24,26);1-3H2. The van der Waals surface area contributed by atoms with Crippen LogP contribution in [-0.4, -0.2) is 26.2 Å². The second-order valence-electron chi connectivity index (χ2n) is 6.51. The Kier molecular flexibility index (Phi) is 5.14. The fourth-order valence-corrected chi connectivity index (χ4v) is 3.22. The Morgan fingerprint density at radius 2 is 2.03 bits per heavy atom. The summed E-state index contributed by atoms with van der Waals surface area (Å²) in [4.78, 5) is 10.5. The van der Waals surface area contributed by atoms with Crippen molar-refractivity contribution in [2.24, 2.45) is 0 Å². The molecule has 1 aromatic carbocycles. The largest absolute Gasteiger partial charge is 0.312 e. The number of anilines is 1. The van der Waals surface area contributed by atoms with Gasteiger partial charge in [0.25, 0.3) is 6.43 Å². The number of fused-ring (bicyclic) bond motifs is 2. The lowest BCUT2D eigenvalue weighted by Crippen LogP contribution is -1.97. The molecule has 0 atom stereocenters. The molecule has 1 saturated carbocycles. The van der Waals surface area contributed by atoms with E-state index >= 15 is 0 Å². The summed E-state index contributed by atoms with van der Waals surface area (Å²) in [5.41, 5.74) is 0.415. The van der Waals surface area contributed by atoms with E-state index in [-0.39, 0.29) is 16.5 Å². The van der Waals surface area contributed by atoms with Crippen LogP contribution >= 0.6 is 11.6 Å². The van der Waals surface area contributed by atoms with E-state index in [1.165, 1.54) is 30.0 Å². The van der Waals surface area contributed by atoms with Crippen molar-refractivity contribution < 1.29 is 18.0 Å². The molecule has 1 aliphatic rings. The molecule has 0 spiro atoms. The molecular weight excluding hydrogens is 407 g/mol. The van der Waals surface area contributed by atoms with E-state index in [0.29, 0.717) is 23.3 Å². The molecule has 0 radical (unpaired) electrons. The molecule has 3 aromatic heterocycles. The number of halogens is 4. The van der Waals surface area contributed by atoms with Crippen molar-refractivity contribution >= 4 is 40.2 Å². The first-order valence-corrected chi connectivity index (χ1v) is 9.21. The van der Waals surface area contributed by atoms with Crippen LogP contribution in [0.1, 0.15) is 31.3 Å². The number of H-pyrrole nitrogens is 1. The highest BCUT2D eigenvalue weighted by molar-refractivity contribution is 6.35. The van der Waals surface area contributed by atoms with Crippen molar-refractivity contribution in [1.29, 1.82) is 0 Å². The van der Waals surface area contributed by atoms with Gasteiger partial charge in [0.2, 0.25) is 6.41 Å². The molecule has 0 bridgehead atoms. The Morgan fingerprint density at radius 3 is 2.69 bits per heavy atom. The van der Waals surface area contributed by atoms with Crippen LogP contribution in [-0.2, 0) is 4.79 Å². The quantitative estimate of drug-likeness (QED) is 0.436. The lowest BCUT2D eigenvalue weighted by molar-refractivity contribution is -0.105. The number of nitrogens with zero attached hydrogens (tertiary/aromatic N) is 3. The van der Waals surface area contributed by atoms with Crippen LogP contribution in [0, 0.1) is 5.82 Å². The number of alkyl halides is 2. The number of carbonyl (C=O) groups excluding carboxylic acids is 1. The smallest absolute Gasteiger partial charge is 0.268 e. The first-order valence-electron chi connectivity index (χ1n) is 8.83. The van der Waals surface area contributed by atoms with Crippen molar-refractivity contribution in [1.82, 2.24) is 19.8 Å². The molecule has 1 fully saturated rings. The molecule has 0 aliphatic heterocycles. The number of hydrogen-bond acceptors (Lipinski definition) is 3. The molecule has 1 aliphatic carbocycles. The van der Waals surface area contributed by atoms with E-state index in [0.717, 1.165) is 0 Å². The molecule has 4 aromatic rings. The Balaban J connectivity index is 0.000000626. The van der Waals surface area contributed by atoms with Crippen LogP contribution in [0.15, 0.2) is 30.6 Å². The second-order valence-corrected chi connectivity index (χ2v) is 6.89. The second kappa shape index (κ2) is 7.75. The number of hydrogen-bond donors (Lipinski definition) is 2. The molecule has 0 saturated heterocycles. The fraction of sp³-hybridized carbons (Fsp3) is 0.211. The number of nitrogens with one attached hydrogen (secondary N) is 2. The molecule has 10 heteroatoms. The van der Waals surface area contributed by atoms with Gasteiger partial charge in [0, 0.05) is 23.2 Å². The normalized spacial score (nSPS) is 12.9.